The molecule has 3 heteroatoms. The highest BCUT2D eigenvalue weighted by Gasteiger charge is 2.31. The predicted molar refractivity (Wildman–Crippen MR) is 64.2 cm³/mol. The Labute approximate surface area is 100 Å². The first-order valence-electron chi connectivity index (χ1n) is 5.38. The molecular weight excluding hydrogens is 216 g/mol. The molecule has 3 nitrogen and oxygen atoms in total. The number of aryl methyl sites for hydroxylation is 1. The average Bonchev–Trinajstić information content (AvgIpc) is 2.34. The van der Waals surface area contributed by atoms with Gasteiger partial charge < -0.3 is 0 Å². The Hall–Kier alpha value is -1.71. The van der Waals surface area contributed by atoms with E-state index >= 15 is 0 Å². The summed E-state index contributed by atoms with van der Waals surface area (Å²) in [6.07, 6.45) is 6.37. The first-order valence-corrected chi connectivity index (χ1v) is 5.38. The molecule has 0 saturated carbocycles. The second-order valence-electron chi connectivity index (χ2n) is 3.98. The normalized spacial score (nSPS) is 17.4. The van der Waals surface area contributed by atoms with Gasteiger partial charge in [0.2, 0.25) is 0 Å². The minimum absolute atomic E-state index is 0.0487. The second kappa shape index (κ2) is 4.65. The maximum Gasteiger partial charge on any atom is 0.178 e. The van der Waals surface area contributed by atoms with Gasteiger partial charge in [0.25, 0.3) is 0 Å². The van der Waals surface area contributed by atoms with Crippen molar-refractivity contribution in [1.29, 1.82) is 0 Å². The van der Waals surface area contributed by atoms with E-state index in [2.05, 4.69) is 0 Å². The fourth-order valence-corrected chi connectivity index (χ4v) is 1.77. The molecule has 0 N–H and O–H groups in total. The van der Waals surface area contributed by atoms with Crippen molar-refractivity contribution >= 4 is 5.78 Å². The predicted octanol–water partition coefficient (Wildman–Crippen LogP) is 2.46. The van der Waals surface area contributed by atoms with Crippen molar-refractivity contribution < 1.29 is 14.6 Å². The molecule has 2 rings (SSSR count). The molecule has 0 fully saturated rings. The summed E-state index contributed by atoms with van der Waals surface area (Å²) < 4.78 is 0. The van der Waals surface area contributed by atoms with E-state index in [4.69, 9.17) is 9.78 Å². The maximum atomic E-state index is 11.2. The van der Waals surface area contributed by atoms with E-state index in [-0.39, 0.29) is 5.78 Å². The van der Waals surface area contributed by atoms with Gasteiger partial charge in [0.15, 0.2) is 11.4 Å². The summed E-state index contributed by atoms with van der Waals surface area (Å²) in [4.78, 5) is 21.3. The van der Waals surface area contributed by atoms with Crippen molar-refractivity contribution in [2.75, 3.05) is 7.11 Å². The Morgan fingerprint density at radius 1 is 1.06 bits per heavy atom. The molecule has 0 unspecified atom stereocenters. The Bertz CT molecular complexity index is 453. The zero-order chi connectivity index (χ0) is 12.3. The van der Waals surface area contributed by atoms with Gasteiger partial charge in [-0.05, 0) is 36.8 Å². The summed E-state index contributed by atoms with van der Waals surface area (Å²) >= 11 is 0. The molecule has 0 saturated heterocycles. The fourth-order valence-electron chi connectivity index (χ4n) is 1.77. The lowest BCUT2D eigenvalue weighted by molar-refractivity contribution is -0.322. The SMILES string of the molecule is COOC1(c2ccc(C)cc2)C=CC(=O)C=C1. The fraction of sp³-hybridized carbons (Fsp3) is 0.214. The van der Waals surface area contributed by atoms with Gasteiger partial charge in [-0.3, -0.25) is 4.79 Å². The van der Waals surface area contributed by atoms with E-state index in [0.29, 0.717) is 0 Å². The van der Waals surface area contributed by atoms with Crippen LogP contribution in [0.4, 0.5) is 0 Å². The van der Waals surface area contributed by atoms with Gasteiger partial charge in [-0.15, -0.1) is 0 Å². The number of carbonyl (C=O) groups excluding carboxylic acids is 1. The lowest BCUT2D eigenvalue weighted by Gasteiger charge is -2.27. The third kappa shape index (κ3) is 2.35. The summed E-state index contributed by atoms with van der Waals surface area (Å²) in [5.74, 6) is -0.0487. The highest BCUT2D eigenvalue weighted by Crippen LogP contribution is 2.31. The Morgan fingerprint density at radius 3 is 2.18 bits per heavy atom. The minimum atomic E-state index is -0.809. The largest absolute Gasteiger partial charge is 0.290 e. The van der Waals surface area contributed by atoms with Crippen LogP contribution in [-0.2, 0) is 20.2 Å². The molecule has 17 heavy (non-hydrogen) atoms. The Morgan fingerprint density at radius 2 is 1.65 bits per heavy atom. The van der Waals surface area contributed by atoms with E-state index in [1.54, 1.807) is 12.2 Å². The van der Waals surface area contributed by atoms with E-state index in [9.17, 15) is 4.79 Å². The number of rotatable bonds is 3. The minimum Gasteiger partial charge on any atom is -0.290 e. The van der Waals surface area contributed by atoms with Crippen molar-refractivity contribution in [2.24, 2.45) is 0 Å². The van der Waals surface area contributed by atoms with E-state index in [1.807, 2.05) is 31.2 Å². The van der Waals surface area contributed by atoms with E-state index in [0.717, 1.165) is 5.56 Å². The molecule has 0 amide bonds. The molecular formula is C14H14O3. The zero-order valence-electron chi connectivity index (χ0n) is 9.84. The van der Waals surface area contributed by atoms with Crippen molar-refractivity contribution in [2.45, 2.75) is 12.5 Å². The highest BCUT2D eigenvalue weighted by atomic mass is 17.2. The average molecular weight is 230 g/mol. The first kappa shape index (κ1) is 11.8. The van der Waals surface area contributed by atoms with Gasteiger partial charge in [-0.2, -0.15) is 0 Å². The second-order valence-corrected chi connectivity index (χ2v) is 3.98. The number of hydrogen-bond donors (Lipinski definition) is 0. The van der Waals surface area contributed by atoms with Crippen LogP contribution in [-0.4, -0.2) is 12.9 Å². The summed E-state index contributed by atoms with van der Waals surface area (Å²) in [7, 11) is 1.45. The van der Waals surface area contributed by atoms with Crippen LogP contribution in [0.3, 0.4) is 0 Å². The van der Waals surface area contributed by atoms with Crippen LogP contribution in [0.5, 0.6) is 0 Å². The molecule has 1 aromatic carbocycles. The Balaban J connectivity index is 2.41. The lowest BCUT2D eigenvalue weighted by atomic mass is 9.89. The molecule has 0 aromatic heterocycles. The number of carbonyl (C=O) groups is 1. The first-order chi connectivity index (χ1) is 8.16. The molecule has 1 aliphatic carbocycles. The molecule has 0 radical (unpaired) electrons. The van der Waals surface area contributed by atoms with Crippen LogP contribution in [0.25, 0.3) is 0 Å². The lowest BCUT2D eigenvalue weighted by Crippen LogP contribution is -2.27. The van der Waals surface area contributed by atoms with Crippen LogP contribution in [0.1, 0.15) is 11.1 Å². The molecule has 1 aromatic rings. The van der Waals surface area contributed by atoms with Gasteiger partial charge in [0, 0.05) is 0 Å². The Kier molecular flexibility index (Phi) is 3.22. The van der Waals surface area contributed by atoms with Crippen molar-refractivity contribution in [3.8, 4) is 0 Å². The summed E-state index contributed by atoms with van der Waals surface area (Å²) in [5, 5.41) is 0. The summed E-state index contributed by atoms with van der Waals surface area (Å²) in [6.45, 7) is 2.02. The zero-order valence-corrected chi connectivity index (χ0v) is 9.84. The van der Waals surface area contributed by atoms with Gasteiger partial charge in [0.1, 0.15) is 0 Å². The quantitative estimate of drug-likeness (QED) is 0.591. The van der Waals surface area contributed by atoms with Crippen LogP contribution in [0.2, 0.25) is 0 Å². The highest BCUT2D eigenvalue weighted by molar-refractivity contribution is 6.00. The van der Waals surface area contributed by atoms with Crippen molar-refractivity contribution in [3.05, 3.63) is 59.7 Å². The van der Waals surface area contributed by atoms with Gasteiger partial charge in [0.05, 0.1) is 7.11 Å². The summed E-state index contributed by atoms with van der Waals surface area (Å²) in [6, 6.07) is 7.90. The van der Waals surface area contributed by atoms with Crippen molar-refractivity contribution in [3.63, 3.8) is 0 Å². The van der Waals surface area contributed by atoms with Crippen LogP contribution >= 0.6 is 0 Å². The third-order valence-corrected chi connectivity index (χ3v) is 2.71. The summed E-state index contributed by atoms with van der Waals surface area (Å²) in [5.41, 5.74) is 1.28. The molecule has 88 valence electrons. The molecule has 0 atom stereocenters. The number of benzene rings is 1. The van der Waals surface area contributed by atoms with Gasteiger partial charge in [-0.1, -0.05) is 29.8 Å². The number of hydrogen-bond acceptors (Lipinski definition) is 3. The van der Waals surface area contributed by atoms with Crippen LogP contribution in [0.15, 0.2) is 48.6 Å². The monoisotopic (exact) mass is 230 g/mol. The topological polar surface area (TPSA) is 35.5 Å². The molecule has 0 spiro atoms. The molecule has 0 heterocycles. The van der Waals surface area contributed by atoms with Gasteiger partial charge >= 0.3 is 0 Å². The van der Waals surface area contributed by atoms with E-state index in [1.165, 1.54) is 24.8 Å². The van der Waals surface area contributed by atoms with Crippen LogP contribution < -0.4 is 0 Å². The van der Waals surface area contributed by atoms with Crippen molar-refractivity contribution in [1.82, 2.24) is 0 Å². The standard InChI is InChI=1S/C14H14O3/c1-11-3-5-12(6-4-11)14(17-16-2)9-7-13(15)8-10-14/h3-10H,1-2H3. The third-order valence-electron chi connectivity index (χ3n) is 2.71. The number of ketones is 1. The maximum absolute atomic E-state index is 11.2. The smallest absolute Gasteiger partial charge is 0.178 e. The molecule has 1 aliphatic rings. The molecule has 0 bridgehead atoms. The molecule has 0 aliphatic heterocycles. The van der Waals surface area contributed by atoms with Gasteiger partial charge in [-0.25, -0.2) is 9.78 Å². The van der Waals surface area contributed by atoms with Crippen LogP contribution in [0, 0.1) is 6.92 Å². The number of allylic oxidation sites excluding steroid dienone is 2. The van der Waals surface area contributed by atoms with E-state index < -0.39 is 5.60 Å².